The highest BCUT2D eigenvalue weighted by atomic mass is 16.5. The number of methoxy groups -OCH3 is 1. The molecule has 1 aliphatic rings. The summed E-state index contributed by atoms with van der Waals surface area (Å²) in [6.45, 7) is 4.06. The Morgan fingerprint density at radius 2 is 2.06 bits per heavy atom. The van der Waals surface area contributed by atoms with Crippen LogP contribution in [0.2, 0.25) is 0 Å². The molecule has 2 unspecified atom stereocenters. The number of aliphatic hydroxyl groups excluding tert-OH is 1. The lowest BCUT2D eigenvalue weighted by atomic mass is 9.86. The van der Waals surface area contributed by atoms with Crippen LogP contribution in [0.1, 0.15) is 58.8 Å². The predicted molar refractivity (Wildman–Crippen MR) is 67.5 cm³/mol. The molecular weight excluding hydrogens is 200 g/mol. The minimum Gasteiger partial charge on any atom is -0.386 e. The van der Waals surface area contributed by atoms with Crippen LogP contribution in [0.25, 0.3) is 0 Å². The van der Waals surface area contributed by atoms with E-state index in [1.165, 1.54) is 31.3 Å². The van der Waals surface area contributed by atoms with E-state index in [0.717, 1.165) is 19.3 Å². The molecule has 0 aliphatic heterocycles. The number of hydrogen-bond acceptors (Lipinski definition) is 2. The highest BCUT2D eigenvalue weighted by molar-refractivity contribution is 5.14. The van der Waals surface area contributed by atoms with Gasteiger partial charge in [-0.25, -0.2) is 0 Å². The molecule has 0 spiro atoms. The van der Waals surface area contributed by atoms with Crippen molar-refractivity contribution in [2.24, 2.45) is 0 Å². The van der Waals surface area contributed by atoms with Gasteiger partial charge in [0.2, 0.25) is 0 Å². The number of rotatable bonds is 4. The first-order chi connectivity index (χ1) is 7.64. The Hall–Kier alpha value is -0.340. The summed E-state index contributed by atoms with van der Waals surface area (Å²) in [6, 6.07) is 0. The van der Waals surface area contributed by atoms with Crippen molar-refractivity contribution in [3.8, 4) is 0 Å². The van der Waals surface area contributed by atoms with Crippen LogP contribution >= 0.6 is 0 Å². The Bertz CT molecular complexity index is 229. The third-order valence-electron chi connectivity index (χ3n) is 3.92. The molecular formula is C14H26O2. The molecule has 0 aromatic heterocycles. The summed E-state index contributed by atoms with van der Waals surface area (Å²) < 4.78 is 5.48. The summed E-state index contributed by atoms with van der Waals surface area (Å²) in [7, 11) is 1.69. The van der Waals surface area contributed by atoms with E-state index in [2.05, 4.69) is 13.0 Å². The van der Waals surface area contributed by atoms with Crippen LogP contribution in [-0.2, 0) is 4.74 Å². The zero-order chi connectivity index (χ0) is 12.0. The SMILES string of the molecule is CCC(C)(OC)C(O)C1=CCCCCCC1. The molecule has 94 valence electrons. The maximum atomic E-state index is 10.4. The highest BCUT2D eigenvalue weighted by Crippen LogP contribution is 2.29. The maximum Gasteiger partial charge on any atom is 0.104 e. The predicted octanol–water partition coefficient (Wildman–Crippen LogP) is 3.44. The minimum atomic E-state index is -0.444. The van der Waals surface area contributed by atoms with Crippen LogP contribution in [-0.4, -0.2) is 23.9 Å². The van der Waals surface area contributed by atoms with Gasteiger partial charge in [-0.15, -0.1) is 0 Å². The van der Waals surface area contributed by atoms with E-state index in [9.17, 15) is 5.11 Å². The fourth-order valence-electron chi connectivity index (χ4n) is 2.31. The fraction of sp³-hybridized carbons (Fsp3) is 0.857. The van der Waals surface area contributed by atoms with Gasteiger partial charge in [0.15, 0.2) is 0 Å². The van der Waals surface area contributed by atoms with Gasteiger partial charge in [0.25, 0.3) is 0 Å². The van der Waals surface area contributed by atoms with Crippen molar-refractivity contribution < 1.29 is 9.84 Å². The van der Waals surface area contributed by atoms with Crippen LogP contribution in [0.5, 0.6) is 0 Å². The standard InChI is InChI=1S/C14H26O2/c1-4-14(2,16-3)13(15)12-10-8-6-5-7-9-11-12/h10,13,15H,4-9,11H2,1-3H3. The Balaban J connectivity index is 2.72. The van der Waals surface area contributed by atoms with Gasteiger partial charge in [-0.3, -0.25) is 0 Å². The van der Waals surface area contributed by atoms with Crippen LogP contribution in [0.15, 0.2) is 11.6 Å². The number of ether oxygens (including phenoxy) is 1. The van der Waals surface area contributed by atoms with Gasteiger partial charge < -0.3 is 9.84 Å². The molecule has 1 N–H and O–H groups in total. The van der Waals surface area contributed by atoms with E-state index in [1.807, 2.05) is 6.92 Å². The first-order valence-electron chi connectivity index (χ1n) is 6.56. The summed E-state index contributed by atoms with van der Waals surface area (Å²) in [4.78, 5) is 0. The molecule has 0 heterocycles. The Morgan fingerprint density at radius 3 is 2.69 bits per heavy atom. The van der Waals surface area contributed by atoms with Crippen molar-refractivity contribution in [3.63, 3.8) is 0 Å². The normalized spacial score (nSPS) is 23.9. The van der Waals surface area contributed by atoms with Gasteiger partial charge in [0.1, 0.15) is 6.10 Å². The van der Waals surface area contributed by atoms with Crippen molar-refractivity contribution in [3.05, 3.63) is 11.6 Å². The molecule has 1 rings (SSSR count). The molecule has 0 fully saturated rings. The van der Waals surface area contributed by atoms with Crippen LogP contribution < -0.4 is 0 Å². The number of allylic oxidation sites excluding steroid dienone is 1. The number of aliphatic hydroxyl groups is 1. The molecule has 1 aliphatic carbocycles. The van der Waals surface area contributed by atoms with E-state index in [4.69, 9.17) is 4.74 Å². The van der Waals surface area contributed by atoms with Crippen molar-refractivity contribution >= 4 is 0 Å². The second kappa shape index (κ2) is 6.41. The highest BCUT2D eigenvalue weighted by Gasteiger charge is 2.33. The van der Waals surface area contributed by atoms with Gasteiger partial charge in [0, 0.05) is 7.11 Å². The topological polar surface area (TPSA) is 29.5 Å². The smallest absolute Gasteiger partial charge is 0.104 e. The molecule has 0 aromatic rings. The van der Waals surface area contributed by atoms with E-state index >= 15 is 0 Å². The molecule has 16 heavy (non-hydrogen) atoms. The van der Waals surface area contributed by atoms with Gasteiger partial charge in [-0.2, -0.15) is 0 Å². The van der Waals surface area contributed by atoms with Crippen molar-refractivity contribution in [1.82, 2.24) is 0 Å². The molecule has 2 atom stereocenters. The fourth-order valence-corrected chi connectivity index (χ4v) is 2.31. The lowest BCUT2D eigenvalue weighted by Gasteiger charge is -2.34. The van der Waals surface area contributed by atoms with Gasteiger partial charge >= 0.3 is 0 Å². The summed E-state index contributed by atoms with van der Waals surface area (Å²) in [5.74, 6) is 0. The molecule has 2 heteroatoms. The summed E-state index contributed by atoms with van der Waals surface area (Å²) in [5, 5.41) is 10.4. The van der Waals surface area contributed by atoms with Crippen molar-refractivity contribution in [2.45, 2.75) is 70.5 Å². The zero-order valence-electron chi connectivity index (χ0n) is 11.0. The third kappa shape index (κ3) is 3.33. The van der Waals surface area contributed by atoms with Crippen molar-refractivity contribution in [1.29, 1.82) is 0 Å². The van der Waals surface area contributed by atoms with Crippen LogP contribution in [0.4, 0.5) is 0 Å². The molecule has 0 amide bonds. The lowest BCUT2D eigenvalue weighted by Crippen LogP contribution is -2.42. The first-order valence-corrected chi connectivity index (χ1v) is 6.56. The molecule has 0 saturated carbocycles. The lowest BCUT2D eigenvalue weighted by molar-refractivity contribution is -0.0779. The Labute approximate surface area is 99.7 Å². The van der Waals surface area contributed by atoms with Crippen LogP contribution in [0.3, 0.4) is 0 Å². The van der Waals surface area contributed by atoms with Crippen molar-refractivity contribution in [2.75, 3.05) is 7.11 Å². The van der Waals surface area contributed by atoms with Gasteiger partial charge in [0.05, 0.1) is 5.60 Å². The van der Waals surface area contributed by atoms with E-state index in [-0.39, 0.29) is 0 Å². The maximum absolute atomic E-state index is 10.4. The average Bonchev–Trinajstić information content (AvgIpc) is 2.27. The summed E-state index contributed by atoms with van der Waals surface area (Å²) in [5.41, 5.74) is 0.760. The molecule has 0 radical (unpaired) electrons. The van der Waals surface area contributed by atoms with Gasteiger partial charge in [-0.1, -0.05) is 25.8 Å². The van der Waals surface area contributed by atoms with Gasteiger partial charge in [-0.05, 0) is 44.6 Å². The summed E-state index contributed by atoms with van der Waals surface area (Å²) >= 11 is 0. The van der Waals surface area contributed by atoms with E-state index < -0.39 is 11.7 Å². The second-order valence-corrected chi connectivity index (χ2v) is 5.00. The molecule has 0 saturated heterocycles. The van der Waals surface area contributed by atoms with Crippen LogP contribution in [0, 0.1) is 0 Å². The summed E-state index contributed by atoms with van der Waals surface area (Å²) in [6.07, 6.45) is 9.84. The second-order valence-electron chi connectivity index (χ2n) is 5.00. The Kier molecular flexibility index (Phi) is 5.50. The Morgan fingerprint density at radius 1 is 1.38 bits per heavy atom. The zero-order valence-corrected chi connectivity index (χ0v) is 11.0. The molecule has 0 bridgehead atoms. The van der Waals surface area contributed by atoms with E-state index in [0.29, 0.717) is 0 Å². The third-order valence-corrected chi connectivity index (χ3v) is 3.92. The largest absolute Gasteiger partial charge is 0.386 e. The van der Waals surface area contributed by atoms with E-state index in [1.54, 1.807) is 7.11 Å². The quantitative estimate of drug-likeness (QED) is 0.744. The monoisotopic (exact) mass is 226 g/mol. The average molecular weight is 226 g/mol. The number of hydrogen-bond donors (Lipinski definition) is 1. The minimum absolute atomic E-state index is 0.426. The molecule has 2 nitrogen and oxygen atoms in total. The first kappa shape index (κ1) is 13.7. The molecule has 0 aromatic carbocycles.